The minimum atomic E-state index is -1.42. The Hall–Kier alpha value is -2.80. The molecule has 2 aromatic rings. The van der Waals surface area contributed by atoms with E-state index in [1.165, 1.54) is 4.90 Å². The standard InChI is InChI=1S/C27H31FN3O3PS/c1-17(2)26(36-16-35)22(14-30)27(32)31-9-8-25(23(28)15-31)34-20-11-18(13-29)10-19(12-20)21-6-4-5-7-24(21)33-3/h4-7,10-12,17,22-23,25-26H,8-9,15-16,35H2,1-3H3/t22?,23-,25+,26?/m1/s1. The van der Waals surface area contributed by atoms with Gasteiger partial charge in [0.15, 0.2) is 6.17 Å². The average molecular weight is 528 g/mol. The number of rotatable bonds is 9. The molecule has 6 nitrogen and oxygen atoms in total. The van der Waals surface area contributed by atoms with Crippen LogP contribution in [0.25, 0.3) is 11.1 Å². The van der Waals surface area contributed by atoms with E-state index < -0.39 is 18.2 Å². The lowest BCUT2D eigenvalue weighted by Gasteiger charge is -2.37. The van der Waals surface area contributed by atoms with Crippen molar-refractivity contribution in [3.63, 3.8) is 0 Å². The molecule has 0 aromatic heterocycles. The number of para-hydroxylation sites is 1. The van der Waals surface area contributed by atoms with Gasteiger partial charge in [-0.15, -0.1) is 9.24 Å². The molecule has 3 rings (SSSR count). The average Bonchev–Trinajstić information content (AvgIpc) is 2.89. The summed E-state index contributed by atoms with van der Waals surface area (Å²) in [6.45, 7) is 4.15. The van der Waals surface area contributed by atoms with Crippen LogP contribution in [0.15, 0.2) is 42.5 Å². The Bertz CT molecular complexity index is 1150. The van der Waals surface area contributed by atoms with Gasteiger partial charge in [-0.1, -0.05) is 32.0 Å². The number of nitriles is 2. The lowest BCUT2D eigenvalue weighted by atomic mass is 9.94. The molecule has 2 aromatic carbocycles. The van der Waals surface area contributed by atoms with Crippen molar-refractivity contribution in [2.45, 2.75) is 37.8 Å². The Morgan fingerprint density at radius 2 is 2.03 bits per heavy atom. The van der Waals surface area contributed by atoms with Gasteiger partial charge in [-0.3, -0.25) is 4.79 Å². The van der Waals surface area contributed by atoms with Crippen molar-refractivity contribution < 1.29 is 18.7 Å². The lowest BCUT2D eigenvalue weighted by Crippen LogP contribution is -2.52. The van der Waals surface area contributed by atoms with Crippen molar-refractivity contribution in [2.75, 3.05) is 25.7 Å². The van der Waals surface area contributed by atoms with E-state index in [1.54, 1.807) is 37.1 Å². The summed E-state index contributed by atoms with van der Waals surface area (Å²) in [5.74, 6) is 0.0227. The number of thioether (sulfide) groups is 1. The summed E-state index contributed by atoms with van der Waals surface area (Å²) in [6, 6.07) is 16.8. The fourth-order valence-corrected chi connectivity index (χ4v) is 6.06. The first kappa shape index (κ1) is 27.8. The van der Waals surface area contributed by atoms with Crippen LogP contribution in [-0.4, -0.2) is 54.0 Å². The zero-order valence-corrected chi connectivity index (χ0v) is 22.7. The van der Waals surface area contributed by atoms with Gasteiger partial charge < -0.3 is 14.4 Å². The van der Waals surface area contributed by atoms with E-state index >= 15 is 4.39 Å². The number of piperidine rings is 1. The van der Waals surface area contributed by atoms with E-state index in [1.807, 2.05) is 38.1 Å². The molecule has 0 N–H and O–H groups in total. The molecule has 9 heteroatoms. The van der Waals surface area contributed by atoms with Crippen molar-refractivity contribution in [1.29, 1.82) is 10.5 Å². The first-order chi connectivity index (χ1) is 17.3. The highest BCUT2D eigenvalue weighted by molar-refractivity contribution is 8.02. The number of ether oxygens (including phenoxy) is 2. The monoisotopic (exact) mass is 527 g/mol. The molecule has 1 fully saturated rings. The van der Waals surface area contributed by atoms with E-state index in [4.69, 9.17) is 9.47 Å². The van der Waals surface area contributed by atoms with E-state index in [0.29, 0.717) is 29.1 Å². The summed E-state index contributed by atoms with van der Waals surface area (Å²) in [5.41, 5.74) is 2.63. The van der Waals surface area contributed by atoms with Gasteiger partial charge in [-0.2, -0.15) is 22.3 Å². The van der Waals surface area contributed by atoms with Gasteiger partial charge in [-0.25, -0.2) is 4.39 Å². The molecule has 3 unspecified atom stereocenters. The largest absolute Gasteiger partial charge is 0.496 e. The topological polar surface area (TPSA) is 86.3 Å². The number of carbonyl (C=O) groups is 1. The number of alkyl halides is 1. The summed E-state index contributed by atoms with van der Waals surface area (Å²) in [4.78, 5) is 14.6. The summed E-state index contributed by atoms with van der Waals surface area (Å²) < 4.78 is 26.7. The Morgan fingerprint density at radius 3 is 2.64 bits per heavy atom. The number of likely N-dealkylation sites (tertiary alicyclic amines) is 1. The quantitative estimate of drug-likeness (QED) is 0.413. The highest BCUT2D eigenvalue weighted by Crippen LogP contribution is 2.34. The zero-order valence-electron chi connectivity index (χ0n) is 20.7. The summed E-state index contributed by atoms with van der Waals surface area (Å²) in [7, 11) is 4.19. The van der Waals surface area contributed by atoms with Crippen molar-refractivity contribution >= 4 is 26.9 Å². The van der Waals surface area contributed by atoms with Crippen molar-refractivity contribution in [1.82, 2.24) is 4.90 Å². The normalized spacial score (nSPS) is 19.2. The van der Waals surface area contributed by atoms with E-state index in [-0.39, 0.29) is 30.0 Å². The first-order valence-corrected chi connectivity index (χ1v) is 13.7. The molecule has 1 heterocycles. The number of amides is 1. The summed E-state index contributed by atoms with van der Waals surface area (Å²) in [5, 5.41) is 19.1. The molecule has 0 radical (unpaired) electrons. The van der Waals surface area contributed by atoms with Crippen LogP contribution in [0.2, 0.25) is 0 Å². The minimum absolute atomic E-state index is 0.130. The maximum absolute atomic E-state index is 15.2. The maximum atomic E-state index is 15.2. The number of nitrogens with zero attached hydrogens (tertiary/aromatic N) is 3. The predicted octanol–water partition coefficient (Wildman–Crippen LogP) is 5.28. The van der Waals surface area contributed by atoms with Crippen LogP contribution in [-0.2, 0) is 4.79 Å². The fourth-order valence-electron chi connectivity index (χ4n) is 4.41. The van der Waals surface area contributed by atoms with Gasteiger partial charge in [-0.05, 0) is 35.7 Å². The second kappa shape index (κ2) is 12.9. The number of halogens is 1. The number of methoxy groups -OCH3 is 1. The molecule has 1 saturated heterocycles. The molecule has 1 aliphatic heterocycles. The van der Waals surface area contributed by atoms with Gasteiger partial charge in [0, 0.05) is 29.3 Å². The van der Waals surface area contributed by atoms with Gasteiger partial charge in [0.1, 0.15) is 23.5 Å². The Balaban J connectivity index is 1.75. The Kier molecular flexibility index (Phi) is 9.99. The van der Waals surface area contributed by atoms with Gasteiger partial charge in [0.2, 0.25) is 5.91 Å². The molecule has 0 spiro atoms. The summed E-state index contributed by atoms with van der Waals surface area (Å²) >= 11 is 1.56. The van der Waals surface area contributed by atoms with Crippen molar-refractivity contribution in [3.05, 3.63) is 48.0 Å². The molecule has 0 bridgehead atoms. The van der Waals surface area contributed by atoms with Crippen LogP contribution < -0.4 is 9.47 Å². The van der Waals surface area contributed by atoms with E-state index in [0.717, 1.165) is 11.1 Å². The first-order valence-electron chi connectivity index (χ1n) is 11.8. The fraction of sp³-hybridized carbons (Fsp3) is 0.444. The third-order valence-electron chi connectivity index (χ3n) is 6.21. The minimum Gasteiger partial charge on any atom is -0.496 e. The number of carbonyl (C=O) groups excluding carboxylic acids is 1. The molecule has 5 atom stereocenters. The molecule has 36 heavy (non-hydrogen) atoms. The summed E-state index contributed by atoms with van der Waals surface area (Å²) in [6.07, 6.45) is -1.90. The lowest BCUT2D eigenvalue weighted by molar-refractivity contribution is -0.137. The van der Waals surface area contributed by atoms with Crippen LogP contribution in [0.1, 0.15) is 25.8 Å². The SMILES string of the molecule is COc1ccccc1-c1cc(C#N)cc(O[C@H]2CCN(C(=O)C(C#N)C(SCP)C(C)C)C[C@H]2F)c1. The van der Waals surface area contributed by atoms with Crippen LogP contribution >= 0.6 is 21.0 Å². The third kappa shape index (κ3) is 6.49. The van der Waals surface area contributed by atoms with Crippen LogP contribution in [0.5, 0.6) is 11.5 Å². The van der Waals surface area contributed by atoms with E-state index in [2.05, 4.69) is 21.4 Å². The molecular weight excluding hydrogens is 496 g/mol. The van der Waals surface area contributed by atoms with Gasteiger partial charge in [0.25, 0.3) is 0 Å². The second-order valence-corrected chi connectivity index (χ2v) is 11.2. The van der Waals surface area contributed by atoms with Gasteiger partial charge >= 0.3 is 0 Å². The number of hydrogen-bond acceptors (Lipinski definition) is 6. The highest BCUT2D eigenvalue weighted by atomic mass is 32.2. The number of benzene rings is 2. The van der Waals surface area contributed by atoms with Crippen LogP contribution in [0.4, 0.5) is 4.39 Å². The molecule has 1 amide bonds. The Morgan fingerprint density at radius 1 is 1.28 bits per heavy atom. The molecule has 190 valence electrons. The molecule has 0 aliphatic carbocycles. The highest BCUT2D eigenvalue weighted by Gasteiger charge is 2.39. The maximum Gasteiger partial charge on any atom is 0.241 e. The number of hydrogen-bond donors (Lipinski definition) is 0. The predicted molar refractivity (Wildman–Crippen MR) is 144 cm³/mol. The Labute approximate surface area is 219 Å². The smallest absolute Gasteiger partial charge is 0.241 e. The van der Waals surface area contributed by atoms with Crippen LogP contribution in [0, 0.1) is 34.5 Å². The van der Waals surface area contributed by atoms with Crippen molar-refractivity contribution in [3.8, 4) is 34.8 Å². The van der Waals surface area contributed by atoms with Gasteiger partial charge in [0.05, 0.1) is 31.4 Å². The molecular formula is C27H31FN3O3PS. The second-order valence-electron chi connectivity index (χ2n) is 8.95. The third-order valence-corrected chi connectivity index (χ3v) is 8.19. The zero-order chi connectivity index (χ0) is 26.2. The van der Waals surface area contributed by atoms with E-state index in [9.17, 15) is 15.3 Å². The van der Waals surface area contributed by atoms with Crippen LogP contribution in [0.3, 0.4) is 0 Å². The molecule has 1 aliphatic rings. The molecule has 0 saturated carbocycles. The van der Waals surface area contributed by atoms with Crippen molar-refractivity contribution in [2.24, 2.45) is 11.8 Å².